The van der Waals surface area contributed by atoms with Gasteiger partial charge in [0.1, 0.15) is 18.1 Å². The fourth-order valence-electron chi connectivity index (χ4n) is 3.01. The van der Waals surface area contributed by atoms with Crippen LogP contribution in [0, 0.1) is 13.8 Å². The predicted molar refractivity (Wildman–Crippen MR) is 129 cm³/mol. The summed E-state index contributed by atoms with van der Waals surface area (Å²) in [6.07, 6.45) is 0. The van der Waals surface area contributed by atoms with Gasteiger partial charge in [0.05, 0.1) is 5.69 Å². The second-order valence-electron chi connectivity index (χ2n) is 7.31. The Labute approximate surface area is 196 Å². The molecule has 0 aliphatic carbocycles. The summed E-state index contributed by atoms with van der Waals surface area (Å²) in [5.41, 5.74) is 3.09. The van der Waals surface area contributed by atoms with Crippen LogP contribution in [0.4, 0.5) is 5.69 Å². The van der Waals surface area contributed by atoms with Gasteiger partial charge >= 0.3 is 0 Å². The van der Waals surface area contributed by atoms with Crippen LogP contribution in [-0.2, 0) is 6.61 Å². The number of hydrogen-bond acceptors (Lipinski definition) is 4. The van der Waals surface area contributed by atoms with E-state index < -0.39 is 0 Å². The summed E-state index contributed by atoms with van der Waals surface area (Å²) in [5, 5.41) is 3.63. The monoisotopic (exact) mass is 463 g/mol. The lowest BCUT2D eigenvalue weighted by atomic mass is 10.1. The molecule has 1 heterocycles. The number of benzene rings is 3. The Bertz CT molecular complexity index is 1230. The van der Waals surface area contributed by atoms with Gasteiger partial charge in [0.25, 0.3) is 5.91 Å². The Kier molecular flexibility index (Phi) is 6.88. The summed E-state index contributed by atoms with van der Waals surface area (Å²) in [6, 6.07) is 24.6. The van der Waals surface area contributed by atoms with Crippen molar-refractivity contribution in [1.82, 2.24) is 0 Å². The molecule has 0 bridgehead atoms. The van der Waals surface area contributed by atoms with Crippen molar-refractivity contribution in [2.45, 2.75) is 30.2 Å². The maximum absolute atomic E-state index is 12.8. The third-order valence-electron chi connectivity index (χ3n) is 4.92. The molecule has 6 heteroatoms. The zero-order chi connectivity index (χ0) is 22.5. The molecule has 0 atom stereocenters. The molecule has 1 amide bonds. The fraction of sp³-hybridized carbons (Fsp3) is 0.115. The number of carbonyl (C=O) groups excluding carboxylic acids is 1. The number of halogens is 1. The number of rotatable bonds is 7. The van der Waals surface area contributed by atoms with Gasteiger partial charge in [-0.1, -0.05) is 41.6 Å². The van der Waals surface area contributed by atoms with Crippen molar-refractivity contribution in [2.75, 3.05) is 5.32 Å². The fourth-order valence-corrected chi connectivity index (χ4v) is 4.04. The van der Waals surface area contributed by atoms with E-state index in [1.165, 1.54) is 5.56 Å². The van der Waals surface area contributed by atoms with Gasteiger partial charge in [-0.15, -0.1) is 0 Å². The molecule has 0 saturated heterocycles. The van der Waals surface area contributed by atoms with Gasteiger partial charge in [-0.05, 0) is 85.6 Å². The number of para-hydroxylation sites is 1. The highest BCUT2D eigenvalue weighted by molar-refractivity contribution is 7.99. The highest BCUT2D eigenvalue weighted by Crippen LogP contribution is 2.34. The first kappa shape index (κ1) is 22.1. The summed E-state index contributed by atoms with van der Waals surface area (Å²) in [6.45, 7) is 4.35. The van der Waals surface area contributed by atoms with Crippen LogP contribution >= 0.6 is 23.4 Å². The Balaban J connectivity index is 1.41. The lowest BCUT2D eigenvalue weighted by Crippen LogP contribution is -2.11. The Morgan fingerprint density at radius 1 is 0.969 bits per heavy atom. The minimum atomic E-state index is -0.313. The van der Waals surface area contributed by atoms with E-state index in [9.17, 15) is 4.79 Å². The normalized spacial score (nSPS) is 10.7. The molecule has 0 aliphatic rings. The van der Waals surface area contributed by atoms with Gasteiger partial charge in [0.15, 0.2) is 5.76 Å². The highest BCUT2D eigenvalue weighted by atomic mass is 35.5. The van der Waals surface area contributed by atoms with Crippen LogP contribution in [0.2, 0.25) is 5.02 Å². The van der Waals surface area contributed by atoms with Crippen molar-refractivity contribution in [1.29, 1.82) is 0 Å². The van der Waals surface area contributed by atoms with Gasteiger partial charge in [0.2, 0.25) is 0 Å². The lowest BCUT2D eigenvalue weighted by Gasteiger charge is -2.10. The van der Waals surface area contributed by atoms with Crippen LogP contribution in [-0.4, -0.2) is 5.91 Å². The van der Waals surface area contributed by atoms with E-state index in [-0.39, 0.29) is 18.3 Å². The van der Waals surface area contributed by atoms with Crippen LogP contribution in [0.15, 0.2) is 93.1 Å². The van der Waals surface area contributed by atoms with E-state index in [1.807, 2.05) is 73.7 Å². The minimum Gasteiger partial charge on any atom is -0.486 e. The van der Waals surface area contributed by atoms with Crippen molar-refractivity contribution in [3.63, 3.8) is 0 Å². The molecule has 3 aromatic carbocycles. The van der Waals surface area contributed by atoms with E-state index in [0.717, 1.165) is 21.1 Å². The summed E-state index contributed by atoms with van der Waals surface area (Å²) >= 11 is 7.52. The molecular formula is C26H22ClNO3S. The first-order valence-electron chi connectivity index (χ1n) is 10.1. The average molecular weight is 464 g/mol. The summed E-state index contributed by atoms with van der Waals surface area (Å²) in [4.78, 5) is 14.7. The Morgan fingerprint density at radius 2 is 1.75 bits per heavy atom. The first-order chi connectivity index (χ1) is 15.5. The molecule has 162 valence electrons. The number of amides is 1. The molecule has 32 heavy (non-hydrogen) atoms. The first-order valence-corrected chi connectivity index (χ1v) is 11.3. The van der Waals surface area contributed by atoms with Crippen LogP contribution in [0.25, 0.3) is 0 Å². The molecule has 0 saturated carbocycles. The zero-order valence-corrected chi connectivity index (χ0v) is 19.3. The Hall–Kier alpha value is -3.15. The van der Waals surface area contributed by atoms with E-state index in [4.69, 9.17) is 20.8 Å². The molecule has 0 unspecified atom stereocenters. The van der Waals surface area contributed by atoms with Crippen molar-refractivity contribution >= 4 is 35.0 Å². The molecule has 0 aliphatic heterocycles. The molecule has 1 aromatic heterocycles. The molecule has 4 nitrogen and oxygen atoms in total. The molecule has 1 N–H and O–H groups in total. The standard InChI is InChI=1S/C26H22ClNO3S/c1-17-7-10-20(15-18(17)2)30-16-21-11-14-24(31-21)26(29)28-23-5-3-4-6-25(23)32-22-12-8-19(27)9-13-22/h3-15H,16H2,1-2H3,(H,28,29). The van der Waals surface area contributed by atoms with Crippen LogP contribution in [0.5, 0.6) is 5.75 Å². The number of aryl methyl sites for hydroxylation is 2. The third-order valence-corrected chi connectivity index (χ3v) is 6.26. The van der Waals surface area contributed by atoms with Gasteiger partial charge in [0, 0.05) is 14.8 Å². The van der Waals surface area contributed by atoms with Crippen LogP contribution in [0.1, 0.15) is 27.4 Å². The predicted octanol–water partition coefficient (Wildman–Crippen LogP) is 7.53. The van der Waals surface area contributed by atoms with Gasteiger partial charge in [-0.3, -0.25) is 4.79 Å². The molecule has 4 aromatic rings. The maximum atomic E-state index is 12.8. The summed E-state index contributed by atoms with van der Waals surface area (Å²) in [5.74, 6) is 1.27. The molecule has 0 fully saturated rings. The summed E-state index contributed by atoms with van der Waals surface area (Å²) in [7, 11) is 0. The second kappa shape index (κ2) is 9.98. The van der Waals surface area contributed by atoms with Crippen molar-refractivity contribution in [3.8, 4) is 5.75 Å². The number of anilines is 1. The smallest absolute Gasteiger partial charge is 0.291 e. The van der Waals surface area contributed by atoms with Crippen molar-refractivity contribution < 1.29 is 13.9 Å². The topological polar surface area (TPSA) is 51.5 Å². The van der Waals surface area contributed by atoms with E-state index in [2.05, 4.69) is 12.2 Å². The van der Waals surface area contributed by atoms with E-state index in [1.54, 1.807) is 23.9 Å². The molecule has 4 rings (SSSR count). The van der Waals surface area contributed by atoms with Crippen LogP contribution in [0.3, 0.4) is 0 Å². The minimum absolute atomic E-state index is 0.231. The molecular weight excluding hydrogens is 442 g/mol. The molecule has 0 spiro atoms. The lowest BCUT2D eigenvalue weighted by molar-refractivity contribution is 0.0992. The number of hydrogen-bond donors (Lipinski definition) is 1. The number of ether oxygens (including phenoxy) is 1. The van der Waals surface area contributed by atoms with Crippen LogP contribution < -0.4 is 10.1 Å². The zero-order valence-electron chi connectivity index (χ0n) is 17.7. The average Bonchev–Trinajstić information content (AvgIpc) is 3.27. The van der Waals surface area contributed by atoms with Crippen molar-refractivity contribution in [3.05, 3.63) is 107 Å². The van der Waals surface area contributed by atoms with E-state index >= 15 is 0 Å². The van der Waals surface area contributed by atoms with Gasteiger partial charge < -0.3 is 14.5 Å². The van der Waals surface area contributed by atoms with Crippen molar-refractivity contribution in [2.24, 2.45) is 0 Å². The quantitative estimate of drug-likeness (QED) is 0.307. The third kappa shape index (κ3) is 5.55. The largest absolute Gasteiger partial charge is 0.486 e. The number of nitrogens with one attached hydrogen (secondary N) is 1. The van der Waals surface area contributed by atoms with E-state index in [0.29, 0.717) is 16.5 Å². The SMILES string of the molecule is Cc1ccc(OCc2ccc(C(=O)Nc3ccccc3Sc3ccc(Cl)cc3)o2)cc1C. The van der Waals surface area contributed by atoms with Gasteiger partial charge in [-0.25, -0.2) is 0 Å². The number of carbonyl (C=O) groups is 1. The summed E-state index contributed by atoms with van der Waals surface area (Å²) < 4.78 is 11.5. The highest BCUT2D eigenvalue weighted by Gasteiger charge is 2.14. The number of furan rings is 1. The second-order valence-corrected chi connectivity index (χ2v) is 8.86. The van der Waals surface area contributed by atoms with Gasteiger partial charge in [-0.2, -0.15) is 0 Å². The molecule has 0 radical (unpaired) electrons. The Morgan fingerprint density at radius 3 is 2.53 bits per heavy atom. The maximum Gasteiger partial charge on any atom is 0.291 e.